The number of anilines is 1. The second-order valence-corrected chi connectivity index (χ2v) is 5.55. The lowest BCUT2D eigenvalue weighted by molar-refractivity contribution is -0.136. The number of aliphatic hydroxyl groups excluding tert-OH is 1. The number of amides is 2. The lowest BCUT2D eigenvalue weighted by Crippen LogP contribution is -2.40. The molecule has 0 saturated carbocycles. The molecule has 0 aromatic heterocycles. The fourth-order valence-corrected chi connectivity index (χ4v) is 2.44. The monoisotopic (exact) mass is 342 g/mol. The molecule has 0 spiro atoms. The maximum Gasteiger partial charge on any atom is 0.393 e. The van der Waals surface area contributed by atoms with Gasteiger partial charge in [0.1, 0.15) is 0 Å². The molecule has 5 nitrogen and oxygen atoms in total. The number of nitrogens with one attached hydrogen (secondary N) is 2. The molecule has 2 rings (SSSR count). The third-order valence-electron chi connectivity index (χ3n) is 3.59. The Labute approximate surface area is 136 Å². The zero-order chi connectivity index (χ0) is 17.7. The summed E-state index contributed by atoms with van der Waals surface area (Å²) in [6, 6.07) is 5.07. The van der Waals surface area contributed by atoms with Crippen molar-refractivity contribution in [2.24, 2.45) is 5.92 Å². The molecule has 0 saturated heterocycles. The van der Waals surface area contributed by atoms with E-state index < -0.39 is 24.4 Å². The second-order valence-electron chi connectivity index (χ2n) is 5.55. The molecule has 2 atom stereocenters. The van der Waals surface area contributed by atoms with Gasteiger partial charge >= 0.3 is 18.0 Å². The smallest absolute Gasteiger partial charge is 0.393 e. The van der Waals surface area contributed by atoms with Crippen molar-refractivity contribution in [2.75, 3.05) is 11.9 Å². The Hall–Kier alpha value is -2.35. The van der Waals surface area contributed by atoms with Gasteiger partial charge in [0.15, 0.2) is 0 Å². The molecule has 1 aromatic carbocycles. The molecule has 0 heterocycles. The maximum atomic E-state index is 12.5. The summed E-state index contributed by atoms with van der Waals surface area (Å²) >= 11 is 0. The number of rotatable bonds is 4. The van der Waals surface area contributed by atoms with Gasteiger partial charge in [0.2, 0.25) is 0 Å². The quantitative estimate of drug-likeness (QED) is 0.577. The minimum absolute atomic E-state index is 0.0508. The third kappa shape index (κ3) is 5.09. The van der Waals surface area contributed by atoms with Crippen molar-refractivity contribution in [3.05, 3.63) is 42.0 Å². The van der Waals surface area contributed by atoms with Crippen LogP contribution in [0, 0.1) is 5.92 Å². The molecule has 1 aliphatic carbocycles. The summed E-state index contributed by atoms with van der Waals surface area (Å²) in [5, 5.41) is 13.7. The molecule has 0 unspecified atom stereocenters. The molecule has 1 aliphatic rings. The van der Waals surface area contributed by atoms with Gasteiger partial charge in [-0.15, -0.1) is 0 Å². The number of benzene rings is 1. The first-order chi connectivity index (χ1) is 11.3. The second kappa shape index (κ2) is 7.48. The van der Waals surface area contributed by atoms with Crippen LogP contribution in [-0.4, -0.2) is 35.7 Å². The summed E-state index contributed by atoms with van der Waals surface area (Å²) in [5.41, 5.74) is -0.169. The number of carbonyl (C=O) groups excluding carboxylic acids is 2. The van der Waals surface area contributed by atoms with Crippen LogP contribution in [0.25, 0.3) is 0 Å². The van der Waals surface area contributed by atoms with Gasteiger partial charge in [0.25, 0.3) is 0 Å². The minimum Gasteiger partial charge on any atom is -0.396 e. The van der Waals surface area contributed by atoms with Gasteiger partial charge in [-0.05, 0) is 18.1 Å². The molecule has 2 amide bonds. The summed E-state index contributed by atoms with van der Waals surface area (Å²) in [4.78, 5) is 23.7. The van der Waals surface area contributed by atoms with Crippen molar-refractivity contribution in [3.63, 3.8) is 0 Å². The van der Waals surface area contributed by atoms with E-state index in [0.29, 0.717) is 6.42 Å². The Morgan fingerprint density at radius 2 is 1.88 bits per heavy atom. The van der Waals surface area contributed by atoms with Crippen molar-refractivity contribution in [2.45, 2.75) is 25.1 Å². The van der Waals surface area contributed by atoms with Crippen molar-refractivity contribution in [1.29, 1.82) is 0 Å². The number of para-hydroxylation sites is 1. The van der Waals surface area contributed by atoms with Gasteiger partial charge in [-0.25, -0.2) is 0 Å². The average molecular weight is 342 g/mol. The van der Waals surface area contributed by atoms with Crippen LogP contribution >= 0.6 is 0 Å². The minimum atomic E-state index is -4.42. The topological polar surface area (TPSA) is 78.4 Å². The number of hydrogen-bond acceptors (Lipinski definition) is 3. The third-order valence-corrected chi connectivity index (χ3v) is 3.59. The van der Waals surface area contributed by atoms with Crippen LogP contribution < -0.4 is 10.6 Å². The van der Waals surface area contributed by atoms with Gasteiger partial charge in [0, 0.05) is 24.3 Å². The van der Waals surface area contributed by atoms with E-state index in [1.165, 1.54) is 24.3 Å². The summed E-state index contributed by atoms with van der Waals surface area (Å²) < 4.78 is 37.6. The Kier molecular flexibility index (Phi) is 5.61. The molecular weight excluding hydrogens is 325 g/mol. The number of alkyl halides is 3. The van der Waals surface area contributed by atoms with E-state index in [1.807, 2.05) is 0 Å². The molecule has 1 aromatic rings. The van der Waals surface area contributed by atoms with Crippen molar-refractivity contribution >= 4 is 17.5 Å². The maximum absolute atomic E-state index is 12.5. The highest BCUT2D eigenvalue weighted by Gasteiger charge is 2.29. The molecule has 0 fully saturated rings. The SMILES string of the molecule is O=C(Nc1ccccc1CC(F)(F)F)C(=O)N[C@@H]1C=C[C@H](CO)C1. The van der Waals surface area contributed by atoms with E-state index in [-0.39, 0.29) is 29.8 Å². The van der Waals surface area contributed by atoms with E-state index in [1.54, 1.807) is 12.2 Å². The molecule has 0 radical (unpaired) electrons. The standard InChI is InChI=1S/C16H17F3N2O3/c17-16(18,19)8-11-3-1-2-4-13(11)21-15(24)14(23)20-12-6-5-10(7-12)9-22/h1-6,10,12,22H,7-9H2,(H,20,23)(H,21,24)/t10-,12+/m0/s1. The van der Waals surface area contributed by atoms with E-state index in [9.17, 15) is 22.8 Å². The molecule has 130 valence electrons. The fraction of sp³-hybridized carbons (Fsp3) is 0.375. The summed E-state index contributed by atoms with van der Waals surface area (Å²) in [7, 11) is 0. The van der Waals surface area contributed by atoms with Crippen molar-refractivity contribution in [1.82, 2.24) is 5.32 Å². The summed E-state index contributed by atoms with van der Waals surface area (Å²) in [6.45, 7) is -0.0557. The van der Waals surface area contributed by atoms with Crippen molar-refractivity contribution < 1.29 is 27.9 Å². The van der Waals surface area contributed by atoms with Gasteiger partial charge in [-0.2, -0.15) is 13.2 Å². The largest absolute Gasteiger partial charge is 0.396 e. The molecule has 0 bridgehead atoms. The highest BCUT2D eigenvalue weighted by molar-refractivity contribution is 6.39. The Morgan fingerprint density at radius 1 is 1.17 bits per heavy atom. The molecular formula is C16H17F3N2O3. The molecule has 8 heteroatoms. The van der Waals surface area contributed by atoms with Gasteiger partial charge in [-0.3, -0.25) is 9.59 Å². The van der Waals surface area contributed by atoms with E-state index >= 15 is 0 Å². The zero-order valence-electron chi connectivity index (χ0n) is 12.6. The summed E-state index contributed by atoms with van der Waals surface area (Å²) in [5.74, 6) is -2.05. The van der Waals surface area contributed by atoms with Crippen LogP contribution in [0.15, 0.2) is 36.4 Å². The zero-order valence-corrected chi connectivity index (χ0v) is 12.6. The lowest BCUT2D eigenvalue weighted by atomic mass is 10.1. The van der Waals surface area contributed by atoms with Crippen LogP contribution in [0.2, 0.25) is 0 Å². The molecule has 24 heavy (non-hydrogen) atoms. The van der Waals surface area contributed by atoms with Gasteiger partial charge < -0.3 is 15.7 Å². The highest BCUT2D eigenvalue weighted by atomic mass is 19.4. The number of hydrogen-bond donors (Lipinski definition) is 3. The number of aliphatic hydroxyl groups is 1. The first-order valence-corrected chi connectivity index (χ1v) is 7.34. The van der Waals surface area contributed by atoms with Crippen LogP contribution in [0.3, 0.4) is 0 Å². The van der Waals surface area contributed by atoms with Crippen LogP contribution in [0.5, 0.6) is 0 Å². The summed E-state index contributed by atoms with van der Waals surface area (Å²) in [6.07, 6.45) is -1.74. The highest BCUT2D eigenvalue weighted by Crippen LogP contribution is 2.26. The van der Waals surface area contributed by atoms with E-state index in [2.05, 4.69) is 10.6 Å². The molecule has 0 aliphatic heterocycles. The van der Waals surface area contributed by atoms with E-state index in [4.69, 9.17) is 5.11 Å². The Balaban J connectivity index is 1.97. The Morgan fingerprint density at radius 3 is 2.50 bits per heavy atom. The van der Waals surface area contributed by atoms with Crippen LogP contribution in [0.1, 0.15) is 12.0 Å². The average Bonchev–Trinajstić information content (AvgIpc) is 2.95. The number of halogens is 3. The van der Waals surface area contributed by atoms with Gasteiger partial charge in [-0.1, -0.05) is 30.4 Å². The predicted molar refractivity (Wildman–Crippen MR) is 81.1 cm³/mol. The van der Waals surface area contributed by atoms with E-state index in [0.717, 1.165) is 0 Å². The number of carbonyl (C=O) groups is 2. The Bertz CT molecular complexity index is 644. The molecule has 3 N–H and O–H groups in total. The van der Waals surface area contributed by atoms with Crippen molar-refractivity contribution in [3.8, 4) is 0 Å². The van der Waals surface area contributed by atoms with Crippen LogP contribution in [-0.2, 0) is 16.0 Å². The normalized spacial score (nSPS) is 20.0. The van der Waals surface area contributed by atoms with Crippen LogP contribution in [0.4, 0.5) is 18.9 Å². The first kappa shape index (κ1) is 18.0. The predicted octanol–water partition coefficient (Wildman–Crippen LogP) is 1.78. The first-order valence-electron chi connectivity index (χ1n) is 7.34. The fourth-order valence-electron chi connectivity index (χ4n) is 2.44. The van der Waals surface area contributed by atoms with Gasteiger partial charge in [0.05, 0.1) is 6.42 Å². The lowest BCUT2D eigenvalue weighted by Gasteiger charge is -2.14.